The molecule has 1 heterocycles. The van der Waals surface area contributed by atoms with Gasteiger partial charge in [0.15, 0.2) is 0 Å². The van der Waals surface area contributed by atoms with Crippen molar-refractivity contribution in [1.82, 2.24) is 4.98 Å². The van der Waals surface area contributed by atoms with E-state index in [9.17, 15) is 14.9 Å². The van der Waals surface area contributed by atoms with Crippen molar-refractivity contribution in [1.29, 1.82) is 0 Å². The molecule has 0 saturated carbocycles. The second-order valence-electron chi connectivity index (χ2n) is 3.58. The van der Waals surface area contributed by atoms with Crippen LogP contribution < -0.4 is 5.32 Å². The van der Waals surface area contributed by atoms with Gasteiger partial charge in [0.25, 0.3) is 5.69 Å². The van der Waals surface area contributed by atoms with Crippen molar-refractivity contribution in [2.75, 3.05) is 12.4 Å². The molecule has 8 heteroatoms. The molecule has 0 radical (unpaired) electrons. The summed E-state index contributed by atoms with van der Waals surface area (Å²) in [5.74, 6) is -0.0873. The Bertz CT molecular complexity index is 492. The fourth-order valence-corrected chi connectivity index (χ4v) is 1.71. The molecule has 1 aromatic rings. The number of nitrogens with zero attached hydrogens (tertiary/aromatic N) is 2. The summed E-state index contributed by atoms with van der Waals surface area (Å²) in [4.78, 5) is 25.4. The van der Waals surface area contributed by atoms with Crippen molar-refractivity contribution >= 4 is 33.4 Å². The number of methoxy groups -OCH3 is 1. The van der Waals surface area contributed by atoms with Gasteiger partial charge in [-0.1, -0.05) is 0 Å². The van der Waals surface area contributed by atoms with Crippen LogP contribution in [0.25, 0.3) is 0 Å². The highest BCUT2D eigenvalue weighted by atomic mass is 79.9. The first-order valence-electron chi connectivity index (χ1n) is 5.02. The van der Waals surface area contributed by atoms with Crippen LogP contribution in [0.3, 0.4) is 0 Å². The quantitative estimate of drug-likeness (QED) is 0.518. The van der Waals surface area contributed by atoms with E-state index in [0.29, 0.717) is 15.9 Å². The van der Waals surface area contributed by atoms with Gasteiger partial charge in [-0.05, 0) is 29.8 Å². The second kappa shape index (κ2) is 5.76. The molecule has 0 amide bonds. The summed E-state index contributed by atoms with van der Waals surface area (Å²) in [6.07, 6.45) is 1.15. The Kier molecular flexibility index (Phi) is 4.60. The number of hydrogen-bond donors (Lipinski definition) is 1. The highest BCUT2D eigenvalue weighted by Gasteiger charge is 2.20. The van der Waals surface area contributed by atoms with Crippen molar-refractivity contribution in [3.8, 4) is 0 Å². The molecule has 98 valence electrons. The number of aromatic nitrogens is 1. The van der Waals surface area contributed by atoms with Crippen molar-refractivity contribution < 1.29 is 14.5 Å². The van der Waals surface area contributed by atoms with Crippen LogP contribution in [-0.4, -0.2) is 29.0 Å². The van der Waals surface area contributed by atoms with Gasteiger partial charge in [-0.3, -0.25) is 10.1 Å². The van der Waals surface area contributed by atoms with Gasteiger partial charge in [-0.2, -0.15) is 0 Å². The zero-order valence-electron chi connectivity index (χ0n) is 10.1. The lowest BCUT2D eigenvalue weighted by Crippen LogP contribution is -2.27. The first-order chi connectivity index (χ1) is 8.38. The van der Waals surface area contributed by atoms with Gasteiger partial charge in [0.1, 0.15) is 18.1 Å². The minimum atomic E-state index is -0.598. The fraction of sp³-hybridized carbons (Fsp3) is 0.400. The Labute approximate surface area is 112 Å². The third kappa shape index (κ3) is 2.95. The molecule has 1 unspecified atom stereocenters. The molecule has 18 heavy (non-hydrogen) atoms. The van der Waals surface area contributed by atoms with E-state index < -0.39 is 16.9 Å². The summed E-state index contributed by atoms with van der Waals surface area (Å²) in [6.45, 7) is 3.20. The summed E-state index contributed by atoms with van der Waals surface area (Å²) in [5, 5.41) is 13.5. The van der Waals surface area contributed by atoms with Gasteiger partial charge >= 0.3 is 5.97 Å². The number of carbonyl (C=O) groups excluding carboxylic acids is 1. The van der Waals surface area contributed by atoms with E-state index >= 15 is 0 Å². The van der Waals surface area contributed by atoms with Gasteiger partial charge in [-0.25, -0.2) is 9.78 Å². The van der Waals surface area contributed by atoms with Gasteiger partial charge in [0, 0.05) is 5.56 Å². The molecule has 0 saturated heterocycles. The fourth-order valence-electron chi connectivity index (χ4n) is 1.29. The molecule has 1 N–H and O–H groups in total. The van der Waals surface area contributed by atoms with Crippen molar-refractivity contribution in [3.63, 3.8) is 0 Å². The number of ether oxygens (including phenoxy) is 1. The van der Waals surface area contributed by atoms with Crippen molar-refractivity contribution in [2.24, 2.45) is 0 Å². The van der Waals surface area contributed by atoms with Crippen molar-refractivity contribution in [3.05, 3.63) is 26.3 Å². The third-order valence-electron chi connectivity index (χ3n) is 2.34. The normalized spacial score (nSPS) is 11.8. The standard InChI is InChI=1S/C10H12BrN3O4/c1-5-7(14(16)17)4-12-9(8(5)11)13-6(2)10(15)18-3/h4,6H,1-3H3,(H,12,13). The smallest absolute Gasteiger partial charge is 0.328 e. The monoisotopic (exact) mass is 317 g/mol. The highest BCUT2D eigenvalue weighted by molar-refractivity contribution is 9.10. The maximum Gasteiger partial charge on any atom is 0.328 e. The Hall–Kier alpha value is -1.70. The predicted molar refractivity (Wildman–Crippen MR) is 68.4 cm³/mol. The van der Waals surface area contributed by atoms with E-state index in [1.807, 2.05) is 0 Å². The first-order valence-corrected chi connectivity index (χ1v) is 5.81. The lowest BCUT2D eigenvalue weighted by atomic mass is 10.2. The number of nitro groups is 1. The number of anilines is 1. The number of rotatable bonds is 4. The topological polar surface area (TPSA) is 94.4 Å². The van der Waals surface area contributed by atoms with Crippen LogP contribution in [-0.2, 0) is 9.53 Å². The zero-order valence-corrected chi connectivity index (χ0v) is 11.6. The highest BCUT2D eigenvalue weighted by Crippen LogP contribution is 2.30. The second-order valence-corrected chi connectivity index (χ2v) is 4.37. The average Bonchev–Trinajstić information content (AvgIpc) is 2.33. The molecule has 0 aliphatic carbocycles. The molecule has 1 aromatic heterocycles. The van der Waals surface area contributed by atoms with Crippen LogP contribution >= 0.6 is 15.9 Å². The molecule has 0 fully saturated rings. The Morgan fingerprint density at radius 1 is 1.67 bits per heavy atom. The average molecular weight is 318 g/mol. The maximum absolute atomic E-state index is 11.3. The van der Waals surface area contributed by atoms with Gasteiger partial charge in [0.05, 0.1) is 16.5 Å². The first kappa shape index (κ1) is 14.4. The van der Waals surface area contributed by atoms with E-state index in [0.717, 1.165) is 6.20 Å². The number of pyridine rings is 1. The van der Waals surface area contributed by atoms with Crippen LogP contribution in [0.4, 0.5) is 11.5 Å². The molecule has 0 bridgehead atoms. The molecule has 0 aliphatic rings. The SMILES string of the molecule is COC(=O)C(C)Nc1ncc([N+](=O)[O-])c(C)c1Br. The number of halogens is 1. The molecule has 7 nitrogen and oxygen atoms in total. The van der Waals surface area contributed by atoms with Crippen molar-refractivity contribution in [2.45, 2.75) is 19.9 Å². The van der Waals surface area contributed by atoms with Crippen LogP contribution in [0.15, 0.2) is 10.7 Å². The van der Waals surface area contributed by atoms with Gasteiger partial charge < -0.3 is 10.1 Å². The number of carbonyl (C=O) groups is 1. The molecular formula is C10H12BrN3O4. The summed E-state index contributed by atoms with van der Waals surface area (Å²) in [7, 11) is 1.28. The minimum Gasteiger partial charge on any atom is -0.467 e. The molecular weight excluding hydrogens is 306 g/mol. The van der Waals surface area contributed by atoms with Crippen LogP contribution in [0, 0.1) is 17.0 Å². The summed E-state index contributed by atoms with van der Waals surface area (Å²) in [5.41, 5.74) is 0.354. The predicted octanol–water partition coefficient (Wildman–Crippen LogP) is 2.03. The van der Waals surface area contributed by atoms with E-state index in [1.165, 1.54) is 7.11 Å². The lowest BCUT2D eigenvalue weighted by Gasteiger charge is -2.14. The Morgan fingerprint density at radius 3 is 2.78 bits per heavy atom. The molecule has 0 spiro atoms. The Morgan fingerprint density at radius 2 is 2.28 bits per heavy atom. The van der Waals surface area contributed by atoms with Crippen LogP contribution in [0.1, 0.15) is 12.5 Å². The largest absolute Gasteiger partial charge is 0.467 e. The maximum atomic E-state index is 11.3. The van der Waals surface area contributed by atoms with E-state index in [-0.39, 0.29) is 5.69 Å². The summed E-state index contributed by atoms with van der Waals surface area (Å²) < 4.78 is 5.01. The summed E-state index contributed by atoms with van der Waals surface area (Å²) >= 11 is 3.22. The Balaban J connectivity index is 3.03. The van der Waals surface area contributed by atoms with E-state index in [4.69, 9.17) is 0 Å². The zero-order chi connectivity index (χ0) is 13.9. The lowest BCUT2D eigenvalue weighted by molar-refractivity contribution is -0.385. The molecule has 1 atom stereocenters. The van der Waals surface area contributed by atoms with Crippen LogP contribution in [0.5, 0.6) is 0 Å². The van der Waals surface area contributed by atoms with E-state index in [2.05, 4.69) is 31.0 Å². The minimum absolute atomic E-state index is 0.0850. The molecule has 0 aromatic carbocycles. The van der Waals surface area contributed by atoms with Gasteiger partial charge in [-0.15, -0.1) is 0 Å². The molecule has 0 aliphatic heterocycles. The number of esters is 1. The number of nitrogens with one attached hydrogen (secondary N) is 1. The summed E-state index contributed by atoms with van der Waals surface area (Å²) in [6, 6.07) is -0.598. The van der Waals surface area contributed by atoms with Crippen LogP contribution in [0.2, 0.25) is 0 Å². The van der Waals surface area contributed by atoms with Gasteiger partial charge in [0.2, 0.25) is 0 Å². The number of hydrogen-bond acceptors (Lipinski definition) is 6. The third-order valence-corrected chi connectivity index (χ3v) is 3.31. The van der Waals surface area contributed by atoms with E-state index in [1.54, 1.807) is 13.8 Å². The molecule has 1 rings (SSSR count).